The van der Waals surface area contributed by atoms with Crippen molar-refractivity contribution in [1.82, 2.24) is 15.8 Å². The van der Waals surface area contributed by atoms with Crippen molar-refractivity contribution in [2.75, 3.05) is 49.1 Å². The number of nitrogens with one attached hydrogen (secondary N) is 2. The van der Waals surface area contributed by atoms with Gasteiger partial charge in [-0.05, 0) is 12.1 Å². The van der Waals surface area contributed by atoms with E-state index in [9.17, 15) is 14.4 Å². The minimum absolute atomic E-state index is 0.0200. The number of hydrogen-bond acceptors (Lipinski definition) is 7. The van der Waals surface area contributed by atoms with Gasteiger partial charge in [-0.25, -0.2) is 19.0 Å². The lowest BCUT2D eigenvalue weighted by Crippen LogP contribution is -2.43. The molecule has 2 aromatic rings. The van der Waals surface area contributed by atoms with Crippen molar-refractivity contribution in [1.29, 1.82) is 0 Å². The van der Waals surface area contributed by atoms with E-state index in [0.29, 0.717) is 0 Å². The number of amides is 3. The van der Waals surface area contributed by atoms with Crippen LogP contribution < -0.4 is 20.5 Å². The van der Waals surface area contributed by atoms with Crippen molar-refractivity contribution in [3.05, 3.63) is 47.9 Å². The molecule has 3 amide bonds. The molecule has 0 radical (unpaired) electrons. The maximum atomic E-state index is 15.0. The van der Waals surface area contributed by atoms with Crippen molar-refractivity contribution in [2.45, 2.75) is 13.0 Å². The molecule has 2 aliphatic heterocycles. The lowest BCUT2D eigenvalue weighted by Gasteiger charge is -2.25. The first-order valence-corrected chi connectivity index (χ1v) is 10.4. The van der Waals surface area contributed by atoms with Gasteiger partial charge in [0, 0.05) is 38.7 Å². The number of rotatable bonds is 5. The molecular weight excluding hydrogens is 440 g/mol. The Morgan fingerprint density at radius 2 is 1.97 bits per heavy atom. The summed E-state index contributed by atoms with van der Waals surface area (Å²) in [6, 6.07) is 5.28. The monoisotopic (exact) mass is 463 g/mol. The van der Waals surface area contributed by atoms with Crippen LogP contribution >= 0.6 is 0 Å². The summed E-state index contributed by atoms with van der Waals surface area (Å²) in [5.74, 6) is -2.17. The number of ether oxygens (including phenoxy) is 1. The highest BCUT2D eigenvalue weighted by Gasteiger charge is 2.34. The minimum Gasteiger partial charge on any atom is -0.459 e. The summed E-state index contributed by atoms with van der Waals surface area (Å²) in [6.07, 6.45) is 0.0199. The van der Waals surface area contributed by atoms with Gasteiger partial charge in [-0.15, -0.1) is 0 Å². The van der Waals surface area contributed by atoms with Gasteiger partial charge in [-0.1, -0.05) is 0 Å². The predicted molar refractivity (Wildman–Crippen MR) is 113 cm³/mol. The Morgan fingerprint density at radius 3 is 2.64 bits per heavy atom. The summed E-state index contributed by atoms with van der Waals surface area (Å²) in [4.78, 5) is 38.3. The predicted octanol–water partition coefficient (Wildman–Crippen LogP) is 1.49. The van der Waals surface area contributed by atoms with Gasteiger partial charge in [0.05, 0.1) is 31.6 Å². The highest BCUT2D eigenvalue weighted by Crippen LogP contribution is 2.31. The summed E-state index contributed by atoms with van der Waals surface area (Å²) in [5, 5.41) is 3.89. The van der Waals surface area contributed by atoms with E-state index in [1.54, 1.807) is 6.07 Å². The molecule has 2 fully saturated rings. The molecular formula is C21H23F2N5O5. The first-order chi connectivity index (χ1) is 15.8. The first-order valence-electron chi connectivity index (χ1n) is 10.4. The van der Waals surface area contributed by atoms with Crippen LogP contribution in [0.3, 0.4) is 0 Å². The Bertz CT molecular complexity index is 1020. The van der Waals surface area contributed by atoms with Crippen LogP contribution in [0, 0.1) is 11.6 Å². The van der Waals surface area contributed by atoms with Crippen molar-refractivity contribution < 1.29 is 32.3 Å². The van der Waals surface area contributed by atoms with Gasteiger partial charge in [0.1, 0.15) is 11.8 Å². The number of carbonyl (C=O) groups is 3. The second kappa shape index (κ2) is 9.45. The number of hydrogen-bond donors (Lipinski definition) is 2. The number of halogens is 2. The molecule has 2 N–H and O–H groups in total. The van der Waals surface area contributed by atoms with Crippen molar-refractivity contribution in [2.24, 2.45) is 0 Å². The van der Waals surface area contributed by atoms with Crippen LogP contribution in [0.4, 0.5) is 25.0 Å². The van der Waals surface area contributed by atoms with E-state index in [1.165, 1.54) is 29.2 Å². The zero-order chi connectivity index (χ0) is 23.5. The van der Waals surface area contributed by atoms with Gasteiger partial charge < -0.3 is 19.4 Å². The number of hydrazine groups is 1. The summed E-state index contributed by atoms with van der Waals surface area (Å²) < 4.78 is 40.3. The van der Waals surface area contributed by atoms with E-state index in [4.69, 9.17) is 9.15 Å². The highest BCUT2D eigenvalue weighted by molar-refractivity contribution is 5.91. The smallest absolute Gasteiger partial charge is 0.414 e. The minimum atomic E-state index is -0.839. The van der Waals surface area contributed by atoms with Crippen LogP contribution in [0.5, 0.6) is 0 Å². The molecule has 2 saturated heterocycles. The molecule has 12 heteroatoms. The van der Waals surface area contributed by atoms with Crippen LogP contribution in [-0.2, 0) is 9.53 Å². The highest BCUT2D eigenvalue weighted by atomic mass is 19.1. The summed E-state index contributed by atoms with van der Waals surface area (Å²) in [5.41, 5.74) is 2.71. The van der Waals surface area contributed by atoms with E-state index < -0.39 is 23.8 Å². The molecule has 2 aliphatic rings. The van der Waals surface area contributed by atoms with E-state index in [2.05, 4.69) is 10.7 Å². The zero-order valence-electron chi connectivity index (χ0n) is 17.8. The van der Waals surface area contributed by atoms with E-state index >= 15 is 8.78 Å². The first kappa shape index (κ1) is 22.5. The van der Waals surface area contributed by atoms with Crippen molar-refractivity contribution >= 4 is 29.3 Å². The molecule has 33 heavy (non-hydrogen) atoms. The Balaban J connectivity index is 1.46. The molecule has 4 rings (SSSR count). The fourth-order valence-electron chi connectivity index (χ4n) is 3.77. The Hall–Kier alpha value is -3.67. The summed E-state index contributed by atoms with van der Waals surface area (Å²) in [6.45, 7) is 2.36. The third-order valence-electron chi connectivity index (χ3n) is 5.34. The summed E-state index contributed by atoms with van der Waals surface area (Å²) in [7, 11) is 0. The van der Waals surface area contributed by atoms with Gasteiger partial charge in [0.25, 0.3) is 0 Å². The van der Waals surface area contributed by atoms with Crippen molar-refractivity contribution in [3.63, 3.8) is 0 Å². The number of nitrogens with zero attached hydrogens (tertiary/aromatic N) is 3. The van der Waals surface area contributed by atoms with E-state index in [-0.39, 0.29) is 68.2 Å². The largest absolute Gasteiger partial charge is 0.459 e. The lowest BCUT2D eigenvalue weighted by atomic mass is 10.2. The van der Waals surface area contributed by atoms with E-state index in [0.717, 1.165) is 17.0 Å². The molecule has 0 aliphatic carbocycles. The maximum absolute atomic E-state index is 15.0. The molecule has 176 valence electrons. The normalized spacial score (nSPS) is 18.8. The van der Waals surface area contributed by atoms with Gasteiger partial charge in [0.15, 0.2) is 17.4 Å². The average molecular weight is 463 g/mol. The quantitative estimate of drug-likeness (QED) is 0.692. The van der Waals surface area contributed by atoms with E-state index in [1.807, 2.05) is 0 Å². The maximum Gasteiger partial charge on any atom is 0.414 e. The molecule has 0 saturated carbocycles. The molecule has 0 bridgehead atoms. The SMILES string of the molecule is CC(=O)NC[C@H]1CN(c2cc(F)c(N3CCNN(C(=O)c4ccco4)CC3)c(F)c2)C(=O)O1. The number of carbonyl (C=O) groups excluding carboxylic acids is 3. The number of anilines is 2. The average Bonchev–Trinajstić information content (AvgIpc) is 3.36. The number of furan rings is 1. The van der Waals surface area contributed by atoms with Crippen LogP contribution in [0.2, 0.25) is 0 Å². The Labute approximate surface area is 188 Å². The second-order valence-electron chi connectivity index (χ2n) is 7.64. The molecule has 3 heterocycles. The second-order valence-corrected chi connectivity index (χ2v) is 7.64. The van der Waals surface area contributed by atoms with Gasteiger partial charge >= 0.3 is 12.0 Å². The van der Waals surface area contributed by atoms with Crippen LogP contribution in [0.15, 0.2) is 34.9 Å². The molecule has 1 aromatic carbocycles. The third-order valence-corrected chi connectivity index (χ3v) is 5.34. The Morgan fingerprint density at radius 1 is 1.21 bits per heavy atom. The standard InChI is InChI=1S/C21H23F2N5O5/c1-13(29)24-11-15-12-27(21(31)33-15)14-9-16(22)19(17(23)10-14)26-5-4-25-28(7-6-26)20(30)18-3-2-8-32-18/h2-3,8-10,15,25H,4-7,11-12H2,1H3,(H,24,29)/t15-/m0/s1. The van der Waals surface area contributed by atoms with Crippen LogP contribution in [0.25, 0.3) is 0 Å². The third kappa shape index (κ3) is 4.90. The van der Waals surface area contributed by atoms with Gasteiger partial charge in [0.2, 0.25) is 5.91 Å². The van der Waals surface area contributed by atoms with Gasteiger partial charge in [-0.2, -0.15) is 0 Å². The fraction of sp³-hybridized carbons (Fsp3) is 0.381. The number of cyclic esters (lactones) is 1. The van der Waals surface area contributed by atoms with Crippen LogP contribution in [-0.4, -0.2) is 68.3 Å². The van der Waals surface area contributed by atoms with Crippen LogP contribution in [0.1, 0.15) is 17.5 Å². The Kier molecular flexibility index (Phi) is 6.45. The van der Waals surface area contributed by atoms with Crippen molar-refractivity contribution in [3.8, 4) is 0 Å². The topological polar surface area (TPSA) is 107 Å². The molecule has 0 unspecified atom stereocenters. The lowest BCUT2D eigenvalue weighted by molar-refractivity contribution is -0.119. The molecule has 10 nitrogen and oxygen atoms in total. The van der Waals surface area contributed by atoms with Gasteiger partial charge in [-0.3, -0.25) is 19.5 Å². The summed E-state index contributed by atoms with van der Waals surface area (Å²) >= 11 is 0. The number of benzene rings is 1. The fourth-order valence-corrected chi connectivity index (χ4v) is 3.77. The zero-order valence-corrected chi connectivity index (χ0v) is 17.8. The molecule has 1 atom stereocenters. The molecule has 1 aromatic heterocycles. The molecule has 0 spiro atoms.